The molecule has 1 atom stereocenters. The molecule has 1 aliphatic rings. The Bertz CT molecular complexity index is 644. The van der Waals surface area contributed by atoms with E-state index in [1.807, 2.05) is 23.3 Å². The second kappa shape index (κ2) is 5.54. The molecule has 3 heterocycles. The zero-order valence-electron chi connectivity index (χ0n) is 11.1. The van der Waals surface area contributed by atoms with Crippen molar-refractivity contribution in [2.45, 2.75) is 25.8 Å². The number of nitrogens with zero attached hydrogens (tertiary/aromatic N) is 3. The number of nitrogens with one attached hydrogen (secondary N) is 1. The third-order valence-corrected chi connectivity index (χ3v) is 4.32. The fourth-order valence-electron chi connectivity index (χ4n) is 2.45. The number of halogens is 1. The molecule has 0 aromatic carbocycles. The van der Waals surface area contributed by atoms with Crippen LogP contribution in [-0.2, 0) is 4.79 Å². The van der Waals surface area contributed by atoms with E-state index in [4.69, 9.17) is 11.6 Å². The Morgan fingerprint density at radius 1 is 1.55 bits per heavy atom. The number of thiophene rings is 1. The molecule has 0 aliphatic carbocycles. The van der Waals surface area contributed by atoms with Gasteiger partial charge in [-0.15, -0.1) is 11.3 Å². The van der Waals surface area contributed by atoms with Crippen LogP contribution in [0.5, 0.6) is 0 Å². The van der Waals surface area contributed by atoms with Crippen molar-refractivity contribution in [2.75, 3.05) is 18.4 Å². The van der Waals surface area contributed by atoms with Crippen LogP contribution < -0.4 is 5.32 Å². The van der Waals surface area contributed by atoms with Crippen LogP contribution >= 0.6 is 22.9 Å². The number of aromatic nitrogens is 2. The fourth-order valence-corrected chi connectivity index (χ4v) is 3.43. The van der Waals surface area contributed by atoms with Crippen molar-refractivity contribution in [1.29, 1.82) is 0 Å². The largest absolute Gasteiger partial charge is 0.365 e. The third-order valence-electron chi connectivity index (χ3n) is 3.35. The molecule has 1 unspecified atom stereocenters. The number of amides is 1. The SMILES string of the molecule is CC(CN1CCCC1=O)Nc1nc(Cl)nc2sccc12. The number of hydrogen-bond donors (Lipinski definition) is 1. The fraction of sp³-hybridized carbons (Fsp3) is 0.462. The Morgan fingerprint density at radius 2 is 2.40 bits per heavy atom. The highest BCUT2D eigenvalue weighted by molar-refractivity contribution is 7.16. The number of carbonyl (C=O) groups is 1. The van der Waals surface area contributed by atoms with Crippen molar-refractivity contribution < 1.29 is 4.79 Å². The Kier molecular flexibility index (Phi) is 3.76. The topological polar surface area (TPSA) is 58.1 Å². The lowest BCUT2D eigenvalue weighted by molar-refractivity contribution is -0.127. The monoisotopic (exact) mass is 310 g/mol. The summed E-state index contributed by atoms with van der Waals surface area (Å²) in [7, 11) is 0. The van der Waals surface area contributed by atoms with Crippen LogP contribution in [0.3, 0.4) is 0 Å². The van der Waals surface area contributed by atoms with Crippen LogP contribution in [0.1, 0.15) is 19.8 Å². The zero-order chi connectivity index (χ0) is 14.1. The number of likely N-dealkylation sites (tertiary alicyclic amines) is 1. The summed E-state index contributed by atoms with van der Waals surface area (Å²) in [6.45, 7) is 3.58. The first-order chi connectivity index (χ1) is 9.63. The molecule has 2 aromatic rings. The van der Waals surface area contributed by atoms with E-state index < -0.39 is 0 Å². The number of fused-ring (bicyclic) bond motifs is 1. The summed E-state index contributed by atoms with van der Waals surface area (Å²) in [5.41, 5.74) is 0. The minimum absolute atomic E-state index is 0.117. The van der Waals surface area contributed by atoms with E-state index in [2.05, 4.69) is 15.3 Å². The van der Waals surface area contributed by atoms with Crippen LogP contribution in [-0.4, -0.2) is 39.9 Å². The second-order valence-corrected chi connectivity index (χ2v) is 6.20. The van der Waals surface area contributed by atoms with Gasteiger partial charge >= 0.3 is 0 Å². The predicted octanol–water partition coefficient (Wildman–Crippen LogP) is 2.77. The zero-order valence-corrected chi connectivity index (χ0v) is 12.7. The second-order valence-electron chi connectivity index (χ2n) is 4.97. The van der Waals surface area contributed by atoms with Crippen LogP contribution in [0.15, 0.2) is 11.4 Å². The molecule has 3 rings (SSSR count). The maximum Gasteiger partial charge on any atom is 0.225 e. The van der Waals surface area contributed by atoms with E-state index in [1.54, 1.807) is 0 Å². The first-order valence-corrected chi connectivity index (χ1v) is 7.84. The molecular formula is C13H15ClN4OS. The van der Waals surface area contributed by atoms with Gasteiger partial charge in [-0.25, -0.2) is 9.97 Å². The first kappa shape index (κ1) is 13.6. The summed E-state index contributed by atoms with van der Waals surface area (Å²) in [6.07, 6.45) is 1.63. The summed E-state index contributed by atoms with van der Waals surface area (Å²) in [5.74, 6) is 0.973. The Hall–Kier alpha value is -1.40. The number of rotatable bonds is 4. The standard InChI is InChI=1S/C13H15ClN4OS/c1-8(7-18-5-2-3-10(18)19)15-11-9-4-6-20-12(9)17-13(14)16-11/h4,6,8H,2-3,5,7H2,1H3,(H,15,16,17). The van der Waals surface area contributed by atoms with Gasteiger partial charge in [0.15, 0.2) is 0 Å². The third kappa shape index (κ3) is 2.71. The van der Waals surface area contributed by atoms with Gasteiger partial charge in [-0.05, 0) is 36.4 Å². The summed E-state index contributed by atoms with van der Waals surface area (Å²) in [4.78, 5) is 22.8. The van der Waals surface area contributed by atoms with Crippen LogP contribution in [0.25, 0.3) is 10.2 Å². The van der Waals surface area contributed by atoms with Gasteiger partial charge in [-0.1, -0.05) is 0 Å². The summed E-state index contributed by atoms with van der Waals surface area (Å²) >= 11 is 7.47. The van der Waals surface area contributed by atoms with E-state index in [1.165, 1.54) is 11.3 Å². The van der Waals surface area contributed by atoms with Crippen LogP contribution in [0.4, 0.5) is 5.82 Å². The highest BCUT2D eigenvalue weighted by Crippen LogP contribution is 2.27. The van der Waals surface area contributed by atoms with Gasteiger partial charge in [-0.3, -0.25) is 4.79 Å². The maximum absolute atomic E-state index is 11.6. The molecule has 1 saturated heterocycles. The predicted molar refractivity (Wildman–Crippen MR) is 81.3 cm³/mol. The van der Waals surface area contributed by atoms with Crippen molar-refractivity contribution in [3.05, 3.63) is 16.7 Å². The average Bonchev–Trinajstić information content (AvgIpc) is 2.99. The van der Waals surface area contributed by atoms with E-state index >= 15 is 0 Å². The summed E-state index contributed by atoms with van der Waals surface area (Å²) < 4.78 is 0. The molecular weight excluding hydrogens is 296 g/mol. The molecule has 1 N–H and O–H groups in total. The molecule has 1 amide bonds. The Morgan fingerprint density at radius 3 is 3.15 bits per heavy atom. The molecule has 0 spiro atoms. The highest BCUT2D eigenvalue weighted by atomic mass is 35.5. The highest BCUT2D eigenvalue weighted by Gasteiger charge is 2.22. The van der Waals surface area contributed by atoms with E-state index in [0.29, 0.717) is 13.0 Å². The van der Waals surface area contributed by atoms with Crippen LogP contribution in [0.2, 0.25) is 5.28 Å². The molecule has 5 nitrogen and oxygen atoms in total. The van der Waals surface area contributed by atoms with Gasteiger partial charge in [0.2, 0.25) is 11.2 Å². The molecule has 0 saturated carbocycles. The quantitative estimate of drug-likeness (QED) is 0.882. The summed E-state index contributed by atoms with van der Waals surface area (Å²) in [6, 6.07) is 2.10. The summed E-state index contributed by atoms with van der Waals surface area (Å²) in [5, 5.41) is 6.52. The minimum atomic E-state index is 0.117. The lowest BCUT2D eigenvalue weighted by Gasteiger charge is -2.22. The molecule has 0 bridgehead atoms. The van der Waals surface area contributed by atoms with Crippen molar-refractivity contribution >= 4 is 44.9 Å². The molecule has 20 heavy (non-hydrogen) atoms. The average molecular weight is 311 g/mol. The molecule has 0 radical (unpaired) electrons. The number of carbonyl (C=O) groups excluding carboxylic acids is 1. The number of hydrogen-bond acceptors (Lipinski definition) is 5. The Balaban J connectivity index is 1.75. The molecule has 1 aliphatic heterocycles. The first-order valence-electron chi connectivity index (χ1n) is 6.58. The smallest absolute Gasteiger partial charge is 0.225 e. The van der Waals surface area contributed by atoms with Gasteiger partial charge in [0, 0.05) is 25.6 Å². The Labute approximate surface area is 126 Å². The van der Waals surface area contributed by atoms with E-state index in [9.17, 15) is 4.79 Å². The van der Waals surface area contributed by atoms with Gasteiger partial charge in [-0.2, -0.15) is 0 Å². The number of anilines is 1. The maximum atomic E-state index is 11.6. The van der Waals surface area contributed by atoms with E-state index in [-0.39, 0.29) is 17.2 Å². The van der Waals surface area contributed by atoms with Gasteiger partial charge in [0.05, 0.1) is 5.39 Å². The van der Waals surface area contributed by atoms with Crippen molar-refractivity contribution in [3.63, 3.8) is 0 Å². The minimum Gasteiger partial charge on any atom is -0.365 e. The lowest BCUT2D eigenvalue weighted by Crippen LogP contribution is -2.35. The van der Waals surface area contributed by atoms with Crippen molar-refractivity contribution in [2.24, 2.45) is 0 Å². The van der Waals surface area contributed by atoms with Crippen molar-refractivity contribution in [3.8, 4) is 0 Å². The lowest BCUT2D eigenvalue weighted by atomic mass is 10.3. The van der Waals surface area contributed by atoms with Crippen LogP contribution in [0, 0.1) is 0 Å². The van der Waals surface area contributed by atoms with Gasteiger partial charge < -0.3 is 10.2 Å². The van der Waals surface area contributed by atoms with Gasteiger partial charge in [0.1, 0.15) is 10.6 Å². The molecule has 7 heteroatoms. The van der Waals surface area contributed by atoms with Gasteiger partial charge in [0.25, 0.3) is 0 Å². The molecule has 2 aromatic heterocycles. The molecule has 106 valence electrons. The van der Waals surface area contributed by atoms with Crippen molar-refractivity contribution in [1.82, 2.24) is 14.9 Å². The van der Waals surface area contributed by atoms with E-state index in [0.717, 1.165) is 29.0 Å². The normalized spacial score (nSPS) is 16.9. The molecule has 1 fully saturated rings.